The van der Waals surface area contributed by atoms with Crippen molar-refractivity contribution in [3.05, 3.63) is 34.9 Å². The van der Waals surface area contributed by atoms with Crippen LogP contribution in [0.4, 0.5) is 0 Å². The van der Waals surface area contributed by atoms with E-state index in [1.807, 2.05) is 6.26 Å². The Labute approximate surface area is 150 Å². The Morgan fingerprint density at radius 1 is 1.38 bits per heavy atom. The Bertz CT molecular complexity index is 605. The number of thioether (sulfide) groups is 1. The van der Waals surface area contributed by atoms with Crippen LogP contribution in [-0.2, 0) is 14.3 Å². The second-order valence-electron chi connectivity index (χ2n) is 5.60. The van der Waals surface area contributed by atoms with Gasteiger partial charge in [0.1, 0.15) is 6.04 Å². The molecule has 2 atom stereocenters. The third-order valence-corrected chi connectivity index (χ3v) is 4.71. The number of halogens is 1. The van der Waals surface area contributed by atoms with Crippen molar-refractivity contribution in [3.63, 3.8) is 0 Å². The predicted octanol–water partition coefficient (Wildman–Crippen LogP) is 2.86. The number of ketones is 1. The molecule has 0 aliphatic heterocycles. The van der Waals surface area contributed by atoms with Crippen molar-refractivity contribution in [2.24, 2.45) is 0 Å². The molecule has 0 saturated heterocycles. The lowest BCUT2D eigenvalue weighted by Gasteiger charge is -2.19. The molecule has 1 fully saturated rings. The topological polar surface area (TPSA) is 72.5 Å². The molecule has 1 aliphatic carbocycles. The zero-order chi connectivity index (χ0) is 17.5. The minimum Gasteiger partial charge on any atom is -0.453 e. The summed E-state index contributed by atoms with van der Waals surface area (Å²) in [6.07, 6.45) is 3.45. The van der Waals surface area contributed by atoms with Crippen molar-refractivity contribution < 1.29 is 19.1 Å². The first kappa shape index (κ1) is 18.8. The fourth-order valence-corrected chi connectivity index (χ4v) is 3.06. The first-order chi connectivity index (χ1) is 11.5. The molecule has 1 N–H and O–H groups in total. The second kappa shape index (κ2) is 9.08. The van der Waals surface area contributed by atoms with Gasteiger partial charge in [-0.25, -0.2) is 4.79 Å². The Hall–Kier alpha value is -1.53. The largest absolute Gasteiger partial charge is 0.453 e. The van der Waals surface area contributed by atoms with Gasteiger partial charge in [-0.2, -0.15) is 11.8 Å². The fraction of sp³-hybridized carbons (Fsp3) is 0.471. The van der Waals surface area contributed by atoms with Crippen LogP contribution >= 0.6 is 23.4 Å². The van der Waals surface area contributed by atoms with Crippen molar-refractivity contribution in [2.45, 2.75) is 37.8 Å². The number of carbonyl (C=O) groups excluding carboxylic acids is 3. The third-order valence-electron chi connectivity index (χ3n) is 3.81. The predicted molar refractivity (Wildman–Crippen MR) is 94.4 cm³/mol. The van der Waals surface area contributed by atoms with Crippen LogP contribution in [0.5, 0.6) is 0 Å². The molecule has 0 radical (unpaired) electrons. The maximum absolute atomic E-state index is 12.4. The summed E-state index contributed by atoms with van der Waals surface area (Å²) in [7, 11) is 0. The summed E-state index contributed by atoms with van der Waals surface area (Å²) in [5.41, 5.74) is 0.415. The van der Waals surface area contributed by atoms with Gasteiger partial charge < -0.3 is 10.1 Å². The van der Waals surface area contributed by atoms with E-state index in [-0.39, 0.29) is 11.7 Å². The molecule has 1 aliphatic rings. The molecular formula is C17H20ClNO4S. The lowest BCUT2D eigenvalue weighted by Crippen LogP contribution is -2.43. The summed E-state index contributed by atoms with van der Waals surface area (Å²) >= 11 is 7.38. The summed E-state index contributed by atoms with van der Waals surface area (Å²) in [5.74, 6) is -0.269. The highest BCUT2D eigenvalue weighted by molar-refractivity contribution is 7.98. The van der Waals surface area contributed by atoms with Gasteiger partial charge in [0.05, 0.1) is 0 Å². The van der Waals surface area contributed by atoms with Crippen LogP contribution < -0.4 is 5.32 Å². The molecule has 1 amide bonds. The zero-order valence-corrected chi connectivity index (χ0v) is 15.0. The molecule has 5 nitrogen and oxygen atoms in total. The van der Waals surface area contributed by atoms with Gasteiger partial charge in [0.25, 0.3) is 5.91 Å². The van der Waals surface area contributed by atoms with Crippen molar-refractivity contribution in [2.75, 3.05) is 12.0 Å². The molecule has 130 valence electrons. The lowest BCUT2D eigenvalue weighted by atomic mass is 10.1. The van der Waals surface area contributed by atoms with Gasteiger partial charge in [0, 0.05) is 17.0 Å². The highest BCUT2D eigenvalue weighted by atomic mass is 35.5. The first-order valence-electron chi connectivity index (χ1n) is 7.80. The third kappa shape index (κ3) is 5.24. The van der Waals surface area contributed by atoms with E-state index in [9.17, 15) is 14.4 Å². The molecule has 0 aromatic heterocycles. The maximum Gasteiger partial charge on any atom is 0.329 e. The van der Waals surface area contributed by atoms with Crippen molar-refractivity contribution in [1.82, 2.24) is 5.32 Å². The van der Waals surface area contributed by atoms with Crippen LogP contribution in [0, 0.1) is 0 Å². The molecule has 0 heterocycles. The van der Waals surface area contributed by atoms with E-state index in [4.69, 9.17) is 16.3 Å². The van der Waals surface area contributed by atoms with Crippen LogP contribution in [0.2, 0.25) is 5.02 Å². The Morgan fingerprint density at radius 2 is 2.08 bits per heavy atom. The monoisotopic (exact) mass is 369 g/mol. The van der Waals surface area contributed by atoms with Gasteiger partial charge in [0.2, 0.25) is 0 Å². The fourth-order valence-electron chi connectivity index (χ4n) is 2.46. The lowest BCUT2D eigenvalue weighted by molar-refractivity contribution is -0.155. The van der Waals surface area contributed by atoms with Gasteiger partial charge in [-0.05, 0) is 55.5 Å². The summed E-state index contributed by atoms with van der Waals surface area (Å²) in [6.45, 7) is 0. The van der Waals surface area contributed by atoms with E-state index in [0.717, 1.165) is 6.42 Å². The molecule has 7 heteroatoms. The summed E-state index contributed by atoms with van der Waals surface area (Å²) in [5, 5.41) is 3.23. The number of nitrogens with one attached hydrogen (secondary N) is 1. The number of Topliss-reactive ketones (excluding diaryl/α,β-unsaturated/α-hetero) is 1. The van der Waals surface area contributed by atoms with Gasteiger partial charge in [-0.3, -0.25) is 9.59 Å². The van der Waals surface area contributed by atoms with E-state index in [1.165, 1.54) is 0 Å². The Balaban J connectivity index is 2.00. The van der Waals surface area contributed by atoms with Crippen LogP contribution in [0.25, 0.3) is 0 Å². The van der Waals surface area contributed by atoms with E-state index in [0.29, 0.717) is 35.6 Å². The minimum absolute atomic E-state index is 0.0454. The SMILES string of the molecule is CSCC[C@H](NC(=O)c1ccc(Cl)cc1)C(=O)O[C@H]1CCCC1=O. The van der Waals surface area contributed by atoms with E-state index < -0.39 is 18.1 Å². The average molecular weight is 370 g/mol. The second-order valence-corrected chi connectivity index (χ2v) is 7.02. The van der Waals surface area contributed by atoms with Gasteiger partial charge in [0.15, 0.2) is 11.9 Å². The number of ether oxygens (including phenoxy) is 1. The highest BCUT2D eigenvalue weighted by Crippen LogP contribution is 2.19. The quantitative estimate of drug-likeness (QED) is 0.748. The van der Waals surface area contributed by atoms with Crippen LogP contribution in [0.15, 0.2) is 24.3 Å². The highest BCUT2D eigenvalue weighted by Gasteiger charge is 2.31. The van der Waals surface area contributed by atoms with Crippen molar-refractivity contribution >= 4 is 41.0 Å². The molecule has 0 spiro atoms. The van der Waals surface area contributed by atoms with Crippen molar-refractivity contribution in [1.29, 1.82) is 0 Å². The number of amides is 1. The Kier molecular flexibility index (Phi) is 7.12. The molecule has 24 heavy (non-hydrogen) atoms. The first-order valence-corrected chi connectivity index (χ1v) is 9.57. The standard InChI is InChI=1S/C17H20ClNO4S/c1-24-10-9-13(17(22)23-15-4-2-3-14(15)20)19-16(21)11-5-7-12(18)8-6-11/h5-8,13,15H,2-4,9-10H2,1H3,(H,19,21)/t13-,15-/m0/s1. The van der Waals surface area contributed by atoms with Gasteiger partial charge >= 0.3 is 5.97 Å². The molecule has 1 aromatic rings. The molecule has 0 bridgehead atoms. The summed E-state index contributed by atoms with van der Waals surface area (Å²) in [4.78, 5) is 36.3. The zero-order valence-electron chi connectivity index (χ0n) is 13.4. The normalized spacial score (nSPS) is 18.2. The molecule has 1 aromatic carbocycles. The molecule has 0 unspecified atom stereocenters. The van der Waals surface area contributed by atoms with Crippen molar-refractivity contribution in [3.8, 4) is 0 Å². The molecule has 1 saturated carbocycles. The number of carbonyl (C=O) groups is 3. The molecule has 2 rings (SSSR count). The maximum atomic E-state index is 12.4. The van der Waals surface area contributed by atoms with Crippen LogP contribution in [0.3, 0.4) is 0 Å². The summed E-state index contributed by atoms with van der Waals surface area (Å²) in [6, 6.07) is 5.64. The van der Waals surface area contributed by atoms with Crippen LogP contribution in [0.1, 0.15) is 36.0 Å². The van der Waals surface area contributed by atoms with E-state index >= 15 is 0 Å². The van der Waals surface area contributed by atoms with Crippen LogP contribution in [-0.4, -0.2) is 41.8 Å². The van der Waals surface area contributed by atoms with E-state index in [2.05, 4.69) is 5.32 Å². The average Bonchev–Trinajstić information content (AvgIpc) is 2.96. The number of rotatable bonds is 7. The minimum atomic E-state index is -0.769. The number of esters is 1. The Morgan fingerprint density at radius 3 is 2.67 bits per heavy atom. The number of benzene rings is 1. The smallest absolute Gasteiger partial charge is 0.329 e. The van der Waals surface area contributed by atoms with Gasteiger partial charge in [-0.1, -0.05) is 11.6 Å². The number of hydrogen-bond acceptors (Lipinski definition) is 5. The molecular weight excluding hydrogens is 350 g/mol. The van der Waals surface area contributed by atoms with E-state index in [1.54, 1.807) is 36.0 Å². The van der Waals surface area contributed by atoms with Gasteiger partial charge in [-0.15, -0.1) is 0 Å². The summed E-state index contributed by atoms with van der Waals surface area (Å²) < 4.78 is 5.31. The number of hydrogen-bond donors (Lipinski definition) is 1.